The highest BCUT2D eigenvalue weighted by Crippen LogP contribution is 2.22. The second-order valence-electron chi connectivity index (χ2n) is 4.82. The minimum absolute atomic E-state index is 0.00497. The standard InChI is InChI=1S/C13H19BrN2O2S/c1-9(16-4-5-18-8-10(16)2)7-15-13(17)12-11(14)3-6-19-12/h3,6,9-10H,4-5,7-8H2,1-2H3,(H,15,17)/t9-,10-/m1/s1. The maximum absolute atomic E-state index is 12.0. The number of morpholine rings is 1. The third-order valence-corrected chi connectivity index (χ3v) is 5.20. The fourth-order valence-electron chi connectivity index (χ4n) is 2.29. The Hall–Kier alpha value is -0.430. The van der Waals surface area contributed by atoms with Crippen molar-refractivity contribution in [1.82, 2.24) is 10.2 Å². The quantitative estimate of drug-likeness (QED) is 0.909. The Kier molecular flexibility index (Phi) is 5.38. The number of thiophene rings is 1. The minimum Gasteiger partial charge on any atom is -0.379 e. The van der Waals surface area contributed by atoms with Crippen LogP contribution in [0, 0.1) is 0 Å². The van der Waals surface area contributed by atoms with Crippen LogP contribution in [0.15, 0.2) is 15.9 Å². The van der Waals surface area contributed by atoms with Gasteiger partial charge in [0.25, 0.3) is 5.91 Å². The van der Waals surface area contributed by atoms with Gasteiger partial charge < -0.3 is 10.1 Å². The topological polar surface area (TPSA) is 41.6 Å². The molecule has 2 heterocycles. The van der Waals surface area contributed by atoms with Gasteiger partial charge in [0, 0.05) is 29.6 Å². The van der Waals surface area contributed by atoms with Crippen LogP contribution in [0.2, 0.25) is 0 Å². The SMILES string of the molecule is C[C@H](CNC(=O)c1sccc1Br)N1CCOC[C@H]1C. The monoisotopic (exact) mass is 346 g/mol. The number of halogens is 1. The van der Waals surface area contributed by atoms with Gasteiger partial charge in [-0.05, 0) is 41.2 Å². The number of rotatable bonds is 4. The molecule has 1 saturated heterocycles. The third kappa shape index (κ3) is 3.78. The Labute approximate surface area is 126 Å². The van der Waals surface area contributed by atoms with E-state index in [-0.39, 0.29) is 5.91 Å². The lowest BCUT2D eigenvalue weighted by Gasteiger charge is -2.37. The van der Waals surface area contributed by atoms with Crippen molar-refractivity contribution in [2.24, 2.45) is 0 Å². The highest BCUT2D eigenvalue weighted by Gasteiger charge is 2.24. The number of hydrogen-bond acceptors (Lipinski definition) is 4. The molecule has 0 radical (unpaired) electrons. The predicted molar refractivity (Wildman–Crippen MR) is 80.8 cm³/mol. The van der Waals surface area contributed by atoms with Gasteiger partial charge in [-0.1, -0.05) is 0 Å². The number of hydrogen-bond donors (Lipinski definition) is 1. The Morgan fingerprint density at radius 2 is 2.53 bits per heavy atom. The van der Waals surface area contributed by atoms with Gasteiger partial charge in [-0.25, -0.2) is 0 Å². The molecular formula is C13H19BrN2O2S. The molecule has 1 N–H and O–H groups in total. The normalized spacial score (nSPS) is 22.2. The fraction of sp³-hybridized carbons (Fsp3) is 0.615. The summed E-state index contributed by atoms with van der Waals surface area (Å²) in [6.07, 6.45) is 0. The first kappa shape index (κ1) is 15.0. The van der Waals surface area contributed by atoms with Crippen LogP contribution >= 0.6 is 27.3 Å². The van der Waals surface area contributed by atoms with E-state index in [1.54, 1.807) is 0 Å². The Bertz CT molecular complexity index is 438. The van der Waals surface area contributed by atoms with Crippen molar-refractivity contribution in [3.05, 3.63) is 20.8 Å². The number of nitrogens with one attached hydrogen (secondary N) is 1. The molecular weight excluding hydrogens is 328 g/mol. The van der Waals surface area contributed by atoms with Crippen molar-refractivity contribution in [2.75, 3.05) is 26.3 Å². The summed E-state index contributed by atoms with van der Waals surface area (Å²) in [4.78, 5) is 15.1. The molecule has 0 aromatic carbocycles. The smallest absolute Gasteiger partial charge is 0.262 e. The molecule has 2 atom stereocenters. The van der Waals surface area contributed by atoms with Crippen molar-refractivity contribution in [1.29, 1.82) is 0 Å². The van der Waals surface area contributed by atoms with E-state index >= 15 is 0 Å². The summed E-state index contributed by atoms with van der Waals surface area (Å²) in [6, 6.07) is 2.63. The van der Waals surface area contributed by atoms with Gasteiger partial charge in [0.2, 0.25) is 0 Å². The van der Waals surface area contributed by atoms with Crippen molar-refractivity contribution < 1.29 is 9.53 Å². The molecule has 0 aliphatic carbocycles. The molecule has 1 amide bonds. The van der Waals surface area contributed by atoms with Crippen molar-refractivity contribution in [3.8, 4) is 0 Å². The molecule has 1 aliphatic heterocycles. The van der Waals surface area contributed by atoms with Gasteiger partial charge in [-0.2, -0.15) is 0 Å². The summed E-state index contributed by atoms with van der Waals surface area (Å²) in [7, 11) is 0. The lowest BCUT2D eigenvalue weighted by molar-refractivity contribution is -0.0178. The zero-order chi connectivity index (χ0) is 13.8. The number of carbonyl (C=O) groups is 1. The lowest BCUT2D eigenvalue weighted by Crippen LogP contribution is -2.51. The summed E-state index contributed by atoms with van der Waals surface area (Å²) in [5, 5.41) is 4.91. The molecule has 106 valence electrons. The fourth-order valence-corrected chi connectivity index (χ4v) is 3.76. The molecule has 2 rings (SSSR count). The maximum atomic E-state index is 12.0. The van der Waals surface area contributed by atoms with Gasteiger partial charge in [-0.3, -0.25) is 9.69 Å². The number of nitrogens with zero attached hydrogens (tertiary/aromatic N) is 1. The average Bonchev–Trinajstić information content (AvgIpc) is 2.82. The van der Waals surface area contributed by atoms with Crippen LogP contribution in [0.3, 0.4) is 0 Å². The molecule has 1 aromatic heterocycles. The van der Waals surface area contributed by atoms with Crippen LogP contribution in [0.1, 0.15) is 23.5 Å². The molecule has 0 unspecified atom stereocenters. The van der Waals surface area contributed by atoms with E-state index in [1.807, 2.05) is 11.4 Å². The zero-order valence-electron chi connectivity index (χ0n) is 11.2. The number of carbonyl (C=O) groups excluding carboxylic acids is 1. The molecule has 0 bridgehead atoms. The number of amides is 1. The molecule has 6 heteroatoms. The summed E-state index contributed by atoms with van der Waals surface area (Å²) in [5.41, 5.74) is 0. The molecule has 0 spiro atoms. The lowest BCUT2D eigenvalue weighted by atomic mass is 10.2. The highest BCUT2D eigenvalue weighted by atomic mass is 79.9. The van der Waals surface area contributed by atoms with Gasteiger partial charge in [0.15, 0.2) is 0 Å². The largest absolute Gasteiger partial charge is 0.379 e. The van der Waals surface area contributed by atoms with E-state index in [1.165, 1.54) is 11.3 Å². The predicted octanol–water partition coefficient (Wildman–Crippen LogP) is 2.35. The first-order valence-electron chi connectivity index (χ1n) is 6.44. The molecule has 4 nitrogen and oxygen atoms in total. The van der Waals surface area contributed by atoms with Crippen LogP contribution in [0.5, 0.6) is 0 Å². The van der Waals surface area contributed by atoms with E-state index in [9.17, 15) is 4.79 Å². The van der Waals surface area contributed by atoms with E-state index in [2.05, 4.69) is 40.0 Å². The molecule has 1 aliphatic rings. The van der Waals surface area contributed by atoms with Gasteiger partial charge in [-0.15, -0.1) is 11.3 Å². The first-order chi connectivity index (χ1) is 9.09. The second-order valence-corrected chi connectivity index (χ2v) is 6.59. The highest BCUT2D eigenvalue weighted by molar-refractivity contribution is 9.10. The summed E-state index contributed by atoms with van der Waals surface area (Å²) >= 11 is 4.84. The number of ether oxygens (including phenoxy) is 1. The van der Waals surface area contributed by atoms with Crippen LogP contribution in [0.25, 0.3) is 0 Å². The average molecular weight is 347 g/mol. The van der Waals surface area contributed by atoms with Crippen LogP contribution in [0.4, 0.5) is 0 Å². The van der Waals surface area contributed by atoms with Gasteiger partial charge in [0.1, 0.15) is 4.88 Å². The van der Waals surface area contributed by atoms with Crippen LogP contribution in [-0.2, 0) is 4.74 Å². The molecule has 1 aromatic rings. The second kappa shape index (κ2) is 6.83. The van der Waals surface area contributed by atoms with E-state index in [4.69, 9.17) is 4.74 Å². The van der Waals surface area contributed by atoms with Gasteiger partial charge in [0.05, 0.1) is 13.2 Å². The molecule has 1 fully saturated rings. The zero-order valence-corrected chi connectivity index (χ0v) is 13.6. The van der Waals surface area contributed by atoms with Crippen LogP contribution in [-0.4, -0.2) is 49.2 Å². The van der Waals surface area contributed by atoms with Crippen molar-refractivity contribution in [3.63, 3.8) is 0 Å². The summed E-state index contributed by atoms with van der Waals surface area (Å²) < 4.78 is 6.29. The van der Waals surface area contributed by atoms with Crippen LogP contribution < -0.4 is 5.32 Å². The van der Waals surface area contributed by atoms with Gasteiger partial charge >= 0.3 is 0 Å². The molecule has 0 saturated carbocycles. The molecule has 19 heavy (non-hydrogen) atoms. The van der Waals surface area contributed by atoms with E-state index in [0.29, 0.717) is 18.6 Å². The Balaban J connectivity index is 1.84. The third-order valence-electron chi connectivity index (χ3n) is 3.37. The minimum atomic E-state index is -0.00497. The summed E-state index contributed by atoms with van der Waals surface area (Å²) in [5.74, 6) is -0.00497. The van der Waals surface area contributed by atoms with Crippen molar-refractivity contribution in [2.45, 2.75) is 25.9 Å². The maximum Gasteiger partial charge on any atom is 0.262 e. The summed E-state index contributed by atoms with van der Waals surface area (Å²) in [6.45, 7) is 7.45. The Morgan fingerprint density at radius 1 is 1.74 bits per heavy atom. The Morgan fingerprint density at radius 3 is 3.16 bits per heavy atom. The van der Waals surface area contributed by atoms with Crippen molar-refractivity contribution >= 4 is 33.2 Å². The van der Waals surface area contributed by atoms with E-state index < -0.39 is 0 Å². The first-order valence-corrected chi connectivity index (χ1v) is 8.11. The van der Waals surface area contributed by atoms with E-state index in [0.717, 1.165) is 29.1 Å².